The summed E-state index contributed by atoms with van der Waals surface area (Å²) < 4.78 is 29.8. The Morgan fingerprint density at radius 2 is 1.79 bits per heavy atom. The van der Waals surface area contributed by atoms with Crippen molar-refractivity contribution in [2.45, 2.75) is 45.1 Å². The molecule has 1 fully saturated rings. The Hall–Kier alpha value is -2.25. The van der Waals surface area contributed by atoms with Crippen molar-refractivity contribution in [2.75, 3.05) is 13.1 Å². The summed E-state index contributed by atoms with van der Waals surface area (Å²) in [7, 11) is -3.52. The molecule has 3 aromatic rings. The molecule has 0 atom stereocenters. The maximum absolute atomic E-state index is 13.2. The summed E-state index contributed by atoms with van der Waals surface area (Å²) in [6.07, 6.45) is 1.82. The summed E-state index contributed by atoms with van der Waals surface area (Å²) in [5.41, 5.74) is 3.01. The lowest BCUT2D eigenvalue weighted by Gasteiger charge is -2.29. The van der Waals surface area contributed by atoms with Gasteiger partial charge >= 0.3 is 0 Å². The van der Waals surface area contributed by atoms with Gasteiger partial charge in [0, 0.05) is 18.5 Å². The summed E-state index contributed by atoms with van der Waals surface area (Å²) in [5, 5.41) is 5.62. The smallest absolute Gasteiger partial charge is 0.246 e. The van der Waals surface area contributed by atoms with Gasteiger partial charge in [0.25, 0.3) is 0 Å². The van der Waals surface area contributed by atoms with Crippen LogP contribution < -0.4 is 0 Å². The molecule has 1 saturated heterocycles. The SMILES string of the molecule is Cc1nn(Cc2ccc3ccccc3n2)c(C)c1S(=O)(=O)N1CCC(C)CC1. The number of pyridine rings is 1. The van der Waals surface area contributed by atoms with E-state index in [1.54, 1.807) is 15.9 Å². The Morgan fingerprint density at radius 1 is 1.07 bits per heavy atom. The number of piperidine rings is 1. The van der Waals surface area contributed by atoms with E-state index < -0.39 is 10.0 Å². The van der Waals surface area contributed by atoms with Crippen LogP contribution in [0, 0.1) is 19.8 Å². The number of hydrogen-bond acceptors (Lipinski definition) is 4. The molecule has 0 aliphatic carbocycles. The molecule has 0 unspecified atom stereocenters. The van der Waals surface area contributed by atoms with Gasteiger partial charge in [-0.2, -0.15) is 9.40 Å². The average molecular weight is 399 g/mol. The summed E-state index contributed by atoms with van der Waals surface area (Å²) in [5.74, 6) is 0.579. The molecule has 4 rings (SSSR count). The molecule has 6 nitrogen and oxygen atoms in total. The normalized spacial score (nSPS) is 16.7. The Morgan fingerprint density at radius 3 is 2.54 bits per heavy atom. The minimum atomic E-state index is -3.52. The van der Waals surface area contributed by atoms with Gasteiger partial charge in [-0.1, -0.05) is 31.2 Å². The van der Waals surface area contributed by atoms with Crippen LogP contribution in [0.15, 0.2) is 41.3 Å². The second-order valence-corrected chi connectivity index (χ2v) is 9.61. The molecule has 0 amide bonds. The maximum atomic E-state index is 13.2. The number of aryl methyl sites for hydroxylation is 1. The molecule has 7 heteroatoms. The van der Waals surface area contributed by atoms with E-state index in [1.165, 1.54) is 0 Å². The summed E-state index contributed by atoms with van der Waals surface area (Å²) in [6, 6.07) is 12.0. The lowest BCUT2D eigenvalue weighted by Crippen LogP contribution is -2.38. The zero-order chi connectivity index (χ0) is 19.9. The Labute approximate surface area is 166 Å². The van der Waals surface area contributed by atoms with Gasteiger partial charge in [0.2, 0.25) is 10.0 Å². The zero-order valence-corrected chi connectivity index (χ0v) is 17.4. The number of rotatable bonds is 4. The highest BCUT2D eigenvalue weighted by Crippen LogP contribution is 2.28. The standard InChI is InChI=1S/C21H26N4O2S/c1-15-10-12-24(13-11-15)28(26,27)21-16(2)23-25(17(21)3)14-19-9-8-18-6-4-5-7-20(18)22-19/h4-9,15H,10-14H2,1-3H3. The maximum Gasteiger partial charge on any atom is 0.246 e. The molecular weight excluding hydrogens is 372 g/mol. The van der Waals surface area contributed by atoms with E-state index in [9.17, 15) is 8.42 Å². The number of hydrogen-bond donors (Lipinski definition) is 0. The predicted molar refractivity (Wildman–Crippen MR) is 110 cm³/mol. The Balaban J connectivity index is 1.65. The second-order valence-electron chi connectivity index (χ2n) is 7.74. The molecule has 28 heavy (non-hydrogen) atoms. The topological polar surface area (TPSA) is 68.1 Å². The Bertz CT molecular complexity index is 1110. The zero-order valence-electron chi connectivity index (χ0n) is 16.6. The lowest BCUT2D eigenvalue weighted by atomic mass is 10.0. The van der Waals surface area contributed by atoms with Gasteiger partial charge in [0.05, 0.1) is 29.1 Å². The molecule has 148 valence electrons. The van der Waals surface area contributed by atoms with Crippen LogP contribution in [0.3, 0.4) is 0 Å². The fourth-order valence-electron chi connectivity index (χ4n) is 3.91. The molecule has 0 saturated carbocycles. The van der Waals surface area contributed by atoms with Gasteiger partial charge in [0.15, 0.2) is 0 Å². The van der Waals surface area contributed by atoms with Gasteiger partial charge in [0.1, 0.15) is 4.90 Å². The minimum Gasteiger partial charge on any atom is -0.262 e. The molecule has 2 aromatic heterocycles. The predicted octanol–water partition coefficient (Wildman–Crippen LogP) is 3.52. The van der Waals surface area contributed by atoms with E-state index in [0.29, 0.717) is 41.8 Å². The van der Waals surface area contributed by atoms with Crippen LogP contribution >= 0.6 is 0 Å². The second kappa shape index (κ2) is 7.29. The van der Waals surface area contributed by atoms with Crippen molar-refractivity contribution < 1.29 is 8.42 Å². The number of nitrogens with zero attached hydrogens (tertiary/aromatic N) is 4. The van der Waals surface area contributed by atoms with Crippen molar-refractivity contribution in [1.82, 2.24) is 19.1 Å². The van der Waals surface area contributed by atoms with Crippen molar-refractivity contribution in [3.63, 3.8) is 0 Å². The monoisotopic (exact) mass is 398 g/mol. The van der Waals surface area contributed by atoms with Crippen molar-refractivity contribution >= 4 is 20.9 Å². The number of aromatic nitrogens is 3. The first-order valence-electron chi connectivity index (χ1n) is 9.75. The van der Waals surface area contributed by atoms with E-state index >= 15 is 0 Å². The van der Waals surface area contributed by atoms with E-state index in [0.717, 1.165) is 29.4 Å². The third-order valence-electron chi connectivity index (χ3n) is 5.62. The van der Waals surface area contributed by atoms with Crippen molar-refractivity contribution in [2.24, 2.45) is 5.92 Å². The van der Waals surface area contributed by atoms with E-state index in [-0.39, 0.29) is 0 Å². The van der Waals surface area contributed by atoms with Crippen molar-refractivity contribution in [1.29, 1.82) is 0 Å². The molecule has 3 heterocycles. The van der Waals surface area contributed by atoms with Gasteiger partial charge in [-0.15, -0.1) is 0 Å². The number of sulfonamides is 1. The van der Waals surface area contributed by atoms with E-state index in [2.05, 4.69) is 12.0 Å². The van der Waals surface area contributed by atoms with Crippen LogP contribution in [0.25, 0.3) is 10.9 Å². The fraction of sp³-hybridized carbons (Fsp3) is 0.429. The molecule has 0 bridgehead atoms. The first kappa shape index (κ1) is 19.1. The van der Waals surface area contributed by atoms with Crippen LogP contribution in [-0.2, 0) is 16.6 Å². The average Bonchev–Trinajstić information content (AvgIpc) is 2.95. The molecule has 1 aromatic carbocycles. The minimum absolute atomic E-state index is 0.350. The van der Waals surface area contributed by atoms with Gasteiger partial charge in [-0.3, -0.25) is 9.67 Å². The molecule has 0 radical (unpaired) electrons. The highest BCUT2D eigenvalue weighted by Gasteiger charge is 2.33. The van der Waals surface area contributed by atoms with Gasteiger partial charge < -0.3 is 0 Å². The van der Waals surface area contributed by atoms with Crippen molar-refractivity contribution in [3.8, 4) is 0 Å². The number of benzene rings is 1. The molecule has 0 N–H and O–H groups in total. The molecule has 0 spiro atoms. The van der Waals surface area contributed by atoms with E-state index in [1.807, 2.05) is 43.3 Å². The first-order chi connectivity index (χ1) is 13.4. The van der Waals surface area contributed by atoms with Crippen LogP contribution in [0.1, 0.15) is 36.8 Å². The van der Waals surface area contributed by atoms with Crippen LogP contribution in [0.5, 0.6) is 0 Å². The third kappa shape index (κ3) is 3.44. The fourth-order valence-corrected chi connectivity index (χ4v) is 5.75. The summed E-state index contributed by atoms with van der Waals surface area (Å²) in [4.78, 5) is 5.04. The third-order valence-corrected chi connectivity index (χ3v) is 7.78. The quantitative estimate of drug-likeness (QED) is 0.674. The number of para-hydroxylation sites is 1. The van der Waals surface area contributed by atoms with Gasteiger partial charge in [-0.05, 0) is 44.7 Å². The van der Waals surface area contributed by atoms with Crippen molar-refractivity contribution in [3.05, 3.63) is 53.5 Å². The molecular formula is C21H26N4O2S. The number of fused-ring (bicyclic) bond motifs is 1. The van der Waals surface area contributed by atoms with Gasteiger partial charge in [-0.25, -0.2) is 8.42 Å². The van der Waals surface area contributed by atoms with Crippen LogP contribution in [0.4, 0.5) is 0 Å². The summed E-state index contributed by atoms with van der Waals surface area (Å²) >= 11 is 0. The van der Waals surface area contributed by atoms with Crippen LogP contribution in [-0.4, -0.2) is 40.6 Å². The van der Waals surface area contributed by atoms with Crippen LogP contribution in [0.2, 0.25) is 0 Å². The highest BCUT2D eigenvalue weighted by atomic mass is 32.2. The summed E-state index contributed by atoms with van der Waals surface area (Å²) in [6.45, 7) is 7.40. The lowest BCUT2D eigenvalue weighted by molar-refractivity contribution is 0.288. The Kier molecular flexibility index (Phi) is 4.97. The van der Waals surface area contributed by atoms with E-state index in [4.69, 9.17) is 4.98 Å². The largest absolute Gasteiger partial charge is 0.262 e. The molecule has 1 aliphatic rings. The highest BCUT2D eigenvalue weighted by molar-refractivity contribution is 7.89. The molecule has 1 aliphatic heterocycles. The first-order valence-corrected chi connectivity index (χ1v) is 11.2.